The van der Waals surface area contributed by atoms with Crippen molar-refractivity contribution in [2.75, 3.05) is 56.1 Å². The molecule has 50 heavy (non-hydrogen) atoms. The van der Waals surface area contributed by atoms with Gasteiger partial charge in [0.1, 0.15) is 23.6 Å². The minimum Gasteiger partial charge on any atom is -0.507 e. The number of allylic oxidation sites excluding steroid dienone is 1. The average molecular weight is 688 g/mol. The number of carbonyl (C=O) groups is 1. The maximum absolute atomic E-state index is 12.7. The Hall–Kier alpha value is -4.78. The van der Waals surface area contributed by atoms with Crippen LogP contribution in [0.2, 0.25) is 0 Å². The predicted molar refractivity (Wildman–Crippen MR) is 198 cm³/mol. The van der Waals surface area contributed by atoms with E-state index < -0.39 is 6.23 Å². The highest BCUT2D eigenvalue weighted by molar-refractivity contribution is 6.27. The van der Waals surface area contributed by atoms with Gasteiger partial charge in [0, 0.05) is 87.7 Å². The van der Waals surface area contributed by atoms with Crippen LogP contribution in [-0.4, -0.2) is 91.5 Å². The smallest absolute Gasteiger partial charge is 0.177 e. The molecule has 1 unspecified atom stereocenters. The van der Waals surface area contributed by atoms with Crippen LogP contribution in [0.25, 0.3) is 5.57 Å². The van der Waals surface area contributed by atoms with E-state index in [0.717, 1.165) is 80.4 Å². The Morgan fingerprint density at radius 3 is 2.08 bits per heavy atom. The molecule has 0 amide bonds. The monoisotopic (exact) mass is 687 g/mol. The van der Waals surface area contributed by atoms with Crippen molar-refractivity contribution in [1.82, 2.24) is 9.96 Å². The first-order valence-electron chi connectivity index (χ1n) is 17.3. The number of nitrogens with one attached hydrogen (secondary N) is 2. The molecule has 5 N–H and O–H groups in total. The second kappa shape index (κ2) is 18.8. The van der Waals surface area contributed by atoms with E-state index in [1.165, 1.54) is 19.2 Å². The number of benzene rings is 3. The van der Waals surface area contributed by atoms with E-state index in [4.69, 9.17) is 21.3 Å². The van der Waals surface area contributed by atoms with Crippen molar-refractivity contribution in [2.45, 2.75) is 51.8 Å². The molecule has 2 heterocycles. The van der Waals surface area contributed by atoms with Crippen molar-refractivity contribution in [3.8, 4) is 11.5 Å². The number of aldehydes is 1. The van der Waals surface area contributed by atoms with Gasteiger partial charge in [-0.1, -0.05) is 43.2 Å². The molecular weight excluding hydrogens is 637 g/mol. The van der Waals surface area contributed by atoms with E-state index in [9.17, 15) is 14.4 Å². The SMILES string of the molecule is CC.CN(OF)C(CCC=O)Oc1ccc(N2CCN(C3CCN(c4ccc(/C(=C/C(=N)c5ccccc5O)C(=N)N)cc4)CC3)CC2)cc1. The molecule has 0 aromatic heterocycles. The summed E-state index contributed by atoms with van der Waals surface area (Å²) < 4.78 is 18.5. The summed E-state index contributed by atoms with van der Waals surface area (Å²) >= 11 is 0. The van der Waals surface area contributed by atoms with Crippen molar-refractivity contribution in [3.63, 3.8) is 0 Å². The fourth-order valence-electron chi connectivity index (χ4n) is 6.39. The summed E-state index contributed by atoms with van der Waals surface area (Å²) in [6.45, 7) is 9.73. The molecule has 3 aromatic rings. The highest BCUT2D eigenvalue weighted by Gasteiger charge is 2.28. The third-order valence-electron chi connectivity index (χ3n) is 9.13. The average Bonchev–Trinajstić information content (AvgIpc) is 3.16. The minimum absolute atomic E-state index is 0.0126. The van der Waals surface area contributed by atoms with Crippen LogP contribution in [0.5, 0.6) is 11.5 Å². The van der Waals surface area contributed by atoms with Gasteiger partial charge in [-0.3, -0.25) is 10.3 Å². The zero-order valence-electron chi connectivity index (χ0n) is 29.2. The van der Waals surface area contributed by atoms with Crippen LogP contribution >= 0.6 is 0 Å². The number of amidine groups is 1. The van der Waals surface area contributed by atoms with Crippen LogP contribution in [0.4, 0.5) is 15.9 Å². The van der Waals surface area contributed by atoms with Gasteiger partial charge in [0.05, 0.1) is 5.71 Å². The number of hydrogen-bond donors (Lipinski definition) is 4. The number of halogens is 1. The Kier molecular flexibility index (Phi) is 14.3. The Morgan fingerprint density at radius 1 is 0.940 bits per heavy atom. The lowest BCUT2D eigenvalue weighted by atomic mass is 9.98. The van der Waals surface area contributed by atoms with Gasteiger partial charge in [-0.2, -0.15) is 0 Å². The highest BCUT2D eigenvalue weighted by Crippen LogP contribution is 2.28. The number of hydrogen-bond acceptors (Lipinski definition) is 10. The molecular formula is C38H50FN7O4. The van der Waals surface area contributed by atoms with Crippen LogP contribution in [0.15, 0.2) is 78.9 Å². The number of aromatic hydroxyl groups is 1. The lowest BCUT2D eigenvalue weighted by molar-refractivity contribution is -0.349. The molecule has 1 atom stereocenters. The first-order valence-corrected chi connectivity index (χ1v) is 17.3. The molecule has 268 valence electrons. The second-order valence-corrected chi connectivity index (χ2v) is 12.1. The number of phenols is 1. The molecule has 0 saturated carbocycles. The van der Waals surface area contributed by atoms with Gasteiger partial charge in [0.15, 0.2) is 6.23 Å². The topological polar surface area (TPSA) is 142 Å². The molecule has 2 saturated heterocycles. The number of piperazine rings is 1. The van der Waals surface area contributed by atoms with Crippen molar-refractivity contribution in [3.05, 3.63) is 90.0 Å². The highest BCUT2D eigenvalue weighted by atomic mass is 19.3. The van der Waals surface area contributed by atoms with Crippen LogP contribution < -0.4 is 20.3 Å². The van der Waals surface area contributed by atoms with Gasteiger partial charge in [0.2, 0.25) is 0 Å². The maximum atomic E-state index is 12.7. The molecule has 3 aromatic carbocycles. The number of nitrogens with two attached hydrogens (primary N) is 1. The van der Waals surface area contributed by atoms with Crippen molar-refractivity contribution < 1.29 is 24.2 Å². The Morgan fingerprint density at radius 2 is 1.52 bits per heavy atom. The molecule has 2 aliphatic rings. The van der Waals surface area contributed by atoms with Gasteiger partial charge < -0.3 is 35.6 Å². The van der Waals surface area contributed by atoms with Gasteiger partial charge in [-0.05, 0) is 77.5 Å². The van der Waals surface area contributed by atoms with Crippen LogP contribution in [0.1, 0.15) is 50.7 Å². The molecule has 0 radical (unpaired) electrons. The van der Waals surface area contributed by atoms with Crippen molar-refractivity contribution in [2.24, 2.45) is 5.73 Å². The molecule has 2 aliphatic heterocycles. The summed E-state index contributed by atoms with van der Waals surface area (Å²) in [5.41, 5.74) is 9.78. The number of ether oxygens (including phenoxy) is 1. The van der Waals surface area contributed by atoms with Gasteiger partial charge in [-0.25, -0.2) is 0 Å². The van der Waals surface area contributed by atoms with Gasteiger partial charge >= 0.3 is 0 Å². The van der Waals surface area contributed by atoms with Crippen LogP contribution in [0, 0.1) is 10.8 Å². The number of rotatable bonds is 14. The number of hydroxylamine groups is 2. The van der Waals surface area contributed by atoms with E-state index in [-0.39, 0.29) is 23.7 Å². The molecule has 5 rings (SSSR count). The predicted octanol–water partition coefficient (Wildman–Crippen LogP) is 6.03. The first-order chi connectivity index (χ1) is 24.3. The number of anilines is 2. The third kappa shape index (κ3) is 9.90. The van der Waals surface area contributed by atoms with E-state index in [0.29, 0.717) is 29.3 Å². The summed E-state index contributed by atoms with van der Waals surface area (Å²) in [7, 11) is 1.42. The molecule has 0 spiro atoms. The summed E-state index contributed by atoms with van der Waals surface area (Å²) in [5.74, 6) is 0.460. The summed E-state index contributed by atoms with van der Waals surface area (Å²) in [6.07, 6.45) is 4.30. The Bertz CT molecular complexity index is 1570. The fraction of sp³-hybridized carbons (Fsp3) is 0.395. The Labute approximate surface area is 294 Å². The summed E-state index contributed by atoms with van der Waals surface area (Å²) in [5, 5.41) is 31.4. The second-order valence-electron chi connectivity index (χ2n) is 12.1. The van der Waals surface area contributed by atoms with Crippen molar-refractivity contribution in [1.29, 1.82) is 10.8 Å². The quantitative estimate of drug-likeness (QED) is 0.0526. The number of para-hydroxylation sites is 1. The number of carbonyl (C=O) groups excluding carboxylic acids is 1. The van der Waals surface area contributed by atoms with Gasteiger partial charge in [-0.15, -0.1) is 5.06 Å². The van der Waals surface area contributed by atoms with Crippen LogP contribution in [0.3, 0.4) is 0 Å². The molecule has 11 nitrogen and oxygen atoms in total. The van der Waals surface area contributed by atoms with Crippen LogP contribution in [-0.2, 0) is 9.84 Å². The van der Waals surface area contributed by atoms with E-state index in [2.05, 4.69) is 19.7 Å². The third-order valence-corrected chi connectivity index (χ3v) is 9.13. The zero-order chi connectivity index (χ0) is 36.0. The van der Waals surface area contributed by atoms with Gasteiger partial charge in [0.25, 0.3) is 0 Å². The largest absolute Gasteiger partial charge is 0.507 e. The number of phenolic OH excluding ortho intramolecular Hbond substituents is 1. The van der Waals surface area contributed by atoms with E-state index >= 15 is 0 Å². The van der Waals surface area contributed by atoms with E-state index in [1.807, 2.05) is 62.4 Å². The standard InChI is InChI=1S/C36H44FN7O4.C2H6/c1-41(48-37)35(7-4-24-45)47-30-14-12-28(13-15-30)43-20-22-44(23-21-43)29-16-18-42(19-17-29)27-10-8-26(9-11-27)32(36(39)40)25-33(38)31-5-2-3-6-34(31)46;1-2/h2-3,5-6,8-15,24-25,29,35,38,46H,4,7,16-23H2,1H3,(H3,39,40);1-2H3/b32-25-,38-33?;. The summed E-state index contributed by atoms with van der Waals surface area (Å²) in [4.78, 5) is 18.1. The normalized spacial score (nSPS) is 16.4. The summed E-state index contributed by atoms with van der Waals surface area (Å²) in [6, 6.07) is 22.9. The fourth-order valence-corrected chi connectivity index (χ4v) is 6.39. The molecule has 2 fully saturated rings. The first kappa shape index (κ1) is 38.0. The minimum atomic E-state index is -0.708. The lowest BCUT2D eigenvalue weighted by Gasteiger charge is -2.44. The van der Waals surface area contributed by atoms with E-state index in [1.54, 1.807) is 18.2 Å². The lowest BCUT2D eigenvalue weighted by Crippen LogP contribution is -2.53. The molecule has 12 heteroatoms. The maximum Gasteiger partial charge on any atom is 0.177 e. The molecule has 0 aliphatic carbocycles. The number of piperidine rings is 1. The Balaban J connectivity index is 0.00000276. The zero-order valence-corrected chi connectivity index (χ0v) is 29.2. The van der Waals surface area contributed by atoms with Crippen molar-refractivity contribution >= 4 is 34.8 Å². The number of nitrogens with zero attached hydrogens (tertiary/aromatic N) is 4. The molecule has 0 bridgehead atoms.